The van der Waals surface area contributed by atoms with Gasteiger partial charge in [0.25, 0.3) is 5.91 Å². The summed E-state index contributed by atoms with van der Waals surface area (Å²) in [6.07, 6.45) is 5.06. The van der Waals surface area contributed by atoms with Crippen LogP contribution in [0.2, 0.25) is 0 Å². The average molecular weight is 261 g/mol. The van der Waals surface area contributed by atoms with Crippen LogP contribution in [0.3, 0.4) is 0 Å². The molecule has 1 amide bonds. The van der Waals surface area contributed by atoms with Crippen LogP contribution in [0.15, 0.2) is 24.3 Å². The number of rotatable bonds is 6. The molecule has 0 aromatic heterocycles. The molecule has 0 bridgehead atoms. The number of carbonyl (C=O) groups is 2. The topological polar surface area (TPSA) is 75.6 Å². The van der Waals surface area contributed by atoms with Crippen molar-refractivity contribution in [2.45, 2.75) is 6.92 Å². The molecule has 1 unspecified atom stereocenters. The standard InChI is InChI=1S/C14H15NO4/c1-3-8-19-12-6-4-11(5-7-12)13(16)15-9-10(2)14(17)18/h1,4-7,10H,8-9H2,2H3,(H,15,16)(H,17,18). The molecule has 1 atom stereocenters. The maximum atomic E-state index is 11.7. The van der Waals surface area contributed by atoms with Crippen molar-refractivity contribution in [3.05, 3.63) is 29.8 Å². The van der Waals surface area contributed by atoms with Crippen molar-refractivity contribution in [2.24, 2.45) is 5.92 Å². The van der Waals surface area contributed by atoms with Crippen molar-refractivity contribution in [1.29, 1.82) is 0 Å². The lowest BCUT2D eigenvalue weighted by Gasteiger charge is -2.09. The Morgan fingerprint density at radius 3 is 2.58 bits per heavy atom. The zero-order chi connectivity index (χ0) is 14.3. The summed E-state index contributed by atoms with van der Waals surface area (Å²) in [7, 11) is 0. The van der Waals surface area contributed by atoms with Gasteiger partial charge in [0.2, 0.25) is 0 Å². The van der Waals surface area contributed by atoms with Gasteiger partial charge in [0, 0.05) is 12.1 Å². The number of aliphatic carboxylic acids is 1. The smallest absolute Gasteiger partial charge is 0.308 e. The van der Waals surface area contributed by atoms with Crippen LogP contribution in [0.5, 0.6) is 5.75 Å². The Bertz CT molecular complexity index is 487. The molecule has 2 N–H and O–H groups in total. The maximum Gasteiger partial charge on any atom is 0.308 e. The van der Waals surface area contributed by atoms with E-state index in [-0.39, 0.29) is 19.1 Å². The van der Waals surface area contributed by atoms with Crippen molar-refractivity contribution in [3.8, 4) is 18.1 Å². The SMILES string of the molecule is C#CCOc1ccc(C(=O)NCC(C)C(=O)O)cc1. The van der Waals surface area contributed by atoms with E-state index in [4.69, 9.17) is 16.3 Å². The van der Waals surface area contributed by atoms with Gasteiger partial charge in [0.05, 0.1) is 5.92 Å². The van der Waals surface area contributed by atoms with Gasteiger partial charge in [-0.15, -0.1) is 6.42 Å². The second-order valence-electron chi connectivity index (χ2n) is 3.97. The van der Waals surface area contributed by atoms with E-state index in [1.807, 2.05) is 0 Å². The molecule has 0 saturated carbocycles. The van der Waals surface area contributed by atoms with E-state index in [0.717, 1.165) is 0 Å². The van der Waals surface area contributed by atoms with Crippen LogP contribution in [-0.4, -0.2) is 30.1 Å². The molecule has 0 fully saturated rings. The normalized spacial score (nSPS) is 11.2. The van der Waals surface area contributed by atoms with Crippen LogP contribution >= 0.6 is 0 Å². The fraction of sp³-hybridized carbons (Fsp3) is 0.286. The highest BCUT2D eigenvalue weighted by Crippen LogP contribution is 2.12. The molecule has 0 spiro atoms. The number of carboxylic acid groups (broad SMARTS) is 1. The van der Waals surface area contributed by atoms with Gasteiger partial charge in [-0.3, -0.25) is 9.59 Å². The predicted octanol–water partition coefficient (Wildman–Crippen LogP) is 1.15. The van der Waals surface area contributed by atoms with Gasteiger partial charge >= 0.3 is 5.97 Å². The van der Waals surface area contributed by atoms with Crippen LogP contribution < -0.4 is 10.1 Å². The lowest BCUT2D eigenvalue weighted by atomic mass is 10.1. The second kappa shape index (κ2) is 7.07. The van der Waals surface area contributed by atoms with Gasteiger partial charge in [-0.1, -0.05) is 12.8 Å². The second-order valence-corrected chi connectivity index (χ2v) is 3.97. The van der Waals surface area contributed by atoms with Crippen LogP contribution in [-0.2, 0) is 4.79 Å². The van der Waals surface area contributed by atoms with E-state index in [1.165, 1.54) is 6.92 Å². The minimum atomic E-state index is -0.946. The molecule has 100 valence electrons. The van der Waals surface area contributed by atoms with E-state index in [2.05, 4.69) is 11.2 Å². The summed E-state index contributed by atoms with van der Waals surface area (Å²) in [6.45, 7) is 1.78. The fourth-order valence-corrected chi connectivity index (χ4v) is 1.26. The van der Waals surface area contributed by atoms with E-state index in [9.17, 15) is 9.59 Å². The number of carbonyl (C=O) groups excluding carboxylic acids is 1. The lowest BCUT2D eigenvalue weighted by Crippen LogP contribution is -2.31. The number of hydrogen-bond acceptors (Lipinski definition) is 3. The monoisotopic (exact) mass is 261 g/mol. The summed E-state index contributed by atoms with van der Waals surface area (Å²) >= 11 is 0. The highest BCUT2D eigenvalue weighted by atomic mass is 16.5. The van der Waals surface area contributed by atoms with Crippen LogP contribution in [0, 0.1) is 18.3 Å². The van der Waals surface area contributed by atoms with Crippen molar-refractivity contribution in [2.75, 3.05) is 13.2 Å². The molecule has 5 nitrogen and oxygen atoms in total. The van der Waals surface area contributed by atoms with E-state index in [0.29, 0.717) is 11.3 Å². The fourth-order valence-electron chi connectivity index (χ4n) is 1.26. The van der Waals surface area contributed by atoms with Gasteiger partial charge in [-0.05, 0) is 24.3 Å². The van der Waals surface area contributed by atoms with Gasteiger partial charge in [-0.25, -0.2) is 0 Å². The zero-order valence-corrected chi connectivity index (χ0v) is 10.6. The van der Waals surface area contributed by atoms with Crippen molar-refractivity contribution in [1.82, 2.24) is 5.32 Å². The molecule has 19 heavy (non-hydrogen) atoms. The minimum absolute atomic E-state index is 0.0868. The number of terminal acetylenes is 1. The first-order valence-electron chi connectivity index (χ1n) is 5.72. The van der Waals surface area contributed by atoms with Crippen molar-refractivity contribution < 1.29 is 19.4 Å². The number of hydrogen-bond donors (Lipinski definition) is 2. The van der Waals surface area contributed by atoms with Crippen LogP contribution in [0.25, 0.3) is 0 Å². The molecule has 0 radical (unpaired) electrons. The summed E-state index contributed by atoms with van der Waals surface area (Å²) in [5.41, 5.74) is 0.436. The molecule has 0 aliphatic heterocycles. The summed E-state index contributed by atoms with van der Waals surface area (Å²) in [5, 5.41) is 11.3. The van der Waals surface area contributed by atoms with Gasteiger partial charge in [0.1, 0.15) is 12.4 Å². The maximum absolute atomic E-state index is 11.7. The Hall–Kier alpha value is -2.48. The molecule has 0 heterocycles. The molecule has 0 aliphatic carbocycles. The molecule has 5 heteroatoms. The van der Waals surface area contributed by atoms with Crippen molar-refractivity contribution in [3.63, 3.8) is 0 Å². The van der Waals surface area contributed by atoms with Crippen molar-refractivity contribution >= 4 is 11.9 Å². The molecular formula is C14H15NO4. The summed E-state index contributed by atoms with van der Waals surface area (Å²) in [5.74, 6) is 1.03. The van der Waals surface area contributed by atoms with E-state index in [1.54, 1.807) is 24.3 Å². The predicted molar refractivity (Wildman–Crippen MR) is 69.9 cm³/mol. The zero-order valence-electron chi connectivity index (χ0n) is 10.6. The number of nitrogens with one attached hydrogen (secondary N) is 1. The first kappa shape index (κ1) is 14.6. The Balaban J connectivity index is 2.53. The Labute approximate surface area is 111 Å². The Morgan fingerprint density at radius 1 is 1.42 bits per heavy atom. The summed E-state index contributed by atoms with van der Waals surface area (Å²) in [4.78, 5) is 22.3. The first-order chi connectivity index (χ1) is 9.04. The number of ether oxygens (including phenoxy) is 1. The largest absolute Gasteiger partial charge is 0.481 e. The van der Waals surface area contributed by atoms with Gasteiger partial charge < -0.3 is 15.2 Å². The third-order valence-electron chi connectivity index (χ3n) is 2.43. The Kier molecular flexibility index (Phi) is 5.42. The summed E-state index contributed by atoms with van der Waals surface area (Å²) in [6, 6.07) is 6.44. The van der Waals surface area contributed by atoms with Gasteiger partial charge in [0.15, 0.2) is 0 Å². The summed E-state index contributed by atoms with van der Waals surface area (Å²) < 4.78 is 5.17. The van der Waals surface area contributed by atoms with Crippen LogP contribution in [0.4, 0.5) is 0 Å². The number of carboxylic acids is 1. The lowest BCUT2D eigenvalue weighted by molar-refractivity contribution is -0.140. The molecule has 0 aliphatic rings. The minimum Gasteiger partial charge on any atom is -0.481 e. The van der Waals surface area contributed by atoms with Crippen LogP contribution in [0.1, 0.15) is 17.3 Å². The quantitative estimate of drug-likeness (QED) is 0.753. The third kappa shape index (κ3) is 4.72. The molecule has 1 aromatic carbocycles. The van der Waals surface area contributed by atoms with E-state index < -0.39 is 11.9 Å². The van der Waals surface area contributed by atoms with Gasteiger partial charge in [-0.2, -0.15) is 0 Å². The Morgan fingerprint density at radius 2 is 2.05 bits per heavy atom. The number of amides is 1. The highest BCUT2D eigenvalue weighted by molar-refractivity contribution is 5.94. The first-order valence-corrected chi connectivity index (χ1v) is 5.72. The third-order valence-corrected chi connectivity index (χ3v) is 2.43. The number of benzene rings is 1. The highest BCUT2D eigenvalue weighted by Gasteiger charge is 2.13. The molecule has 0 saturated heterocycles. The molecule has 1 aromatic rings. The molecule has 1 rings (SSSR count). The van der Waals surface area contributed by atoms with E-state index >= 15 is 0 Å². The average Bonchev–Trinajstić information content (AvgIpc) is 2.42. The molecular weight excluding hydrogens is 246 g/mol.